The number of allylic oxidation sites excluding steroid dienone is 2. The third-order valence-electron chi connectivity index (χ3n) is 5.54. The lowest BCUT2D eigenvalue weighted by molar-refractivity contribution is -0.140. The number of likely N-dealkylation sites (tertiary alicyclic amines) is 1. The van der Waals surface area contributed by atoms with Crippen molar-refractivity contribution in [3.05, 3.63) is 42.0 Å². The van der Waals surface area contributed by atoms with Gasteiger partial charge in [-0.25, -0.2) is 0 Å². The number of benzene rings is 1. The molecule has 0 unspecified atom stereocenters. The molecule has 124 valence electrons. The van der Waals surface area contributed by atoms with Gasteiger partial charge in [-0.3, -0.25) is 19.3 Å². The molecule has 1 aromatic rings. The molecule has 24 heavy (non-hydrogen) atoms. The van der Waals surface area contributed by atoms with Crippen molar-refractivity contribution in [2.24, 2.45) is 23.7 Å². The van der Waals surface area contributed by atoms with Crippen LogP contribution in [0.25, 0.3) is 0 Å². The molecule has 5 heteroatoms. The number of nitrogens with one attached hydrogen (secondary N) is 1. The summed E-state index contributed by atoms with van der Waals surface area (Å²) >= 11 is 0. The second-order valence-corrected chi connectivity index (χ2v) is 6.94. The van der Waals surface area contributed by atoms with Gasteiger partial charge in [0.1, 0.15) is 0 Å². The summed E-state index contributed by atoms with van der Waals surface area (Å²) in [6.07, 6.45) is 5.21. The molecule has 2 fully saturated rings. The van der Waals surface area contributed by atoms with Gasteiger partial charge in [-0.15, -0.1) is 0 Å². The topological polar surface area (TPSA) is 66.5 Å². The van der Waals surface area contributed by atoms with Gasteiger partial charge in [0.05, 0.1) is 11.8 Å². The average Bonchev–Trinajstić information content (AvgIpc) is 3.23. The van der Waals surface area contributed by atoms with Crippen LogP contribution in [-0.2, 0) is 14.4 Å². The molecule has 3 amide bonds. The summed E-state index contributed by atoms with van der Waals surface area (Å²) < 4.78 is 0. The number of carbonyl (C=O) groups is 3. The quantitative estimate of drug-likeness (QED) is 0.681. The molecule has 2 bridgehead atoms. The first-order valence-corrected chi connectivity index (χ1v) is 8.45. The van der Waals surface area contributed by atoms with Crippen molar-refractivity contribution in [3.8, 4) is 0 Å². The number of nitrogens with zero attached hydrogens (tertiary/aromatic N) is 1. The molecule has 0 spiro atoms. The summed E-state index contributed by atoms with van der Waals surface area (Å²) in [5.41, 5.74) is 1.75. The van der Waals surface area contributed by atoms with Gasteiger partial charge in [0.15, 0.2) is 0 Å². The molecule has 2 aliphatic carbocycles. The smallest absolute Gasteiger partial charge is 0.233 e. The Balaban J connectivity index is 1.38. The second kappa shape index (κ2) is 5.58. The molecule has 1 heterocycles. The van der Waals surface area contributed by atoms with Crippen LogP contribution < -0.4 is 5.32 Å². The highest BCUT2D eigenvalue weighted by Gasteiger charge is 2.58. The van der Waals surface area contributed by atoms with Crippen LogP contribution in [0.1, 0.15) is 18.4 Å². The SMILES string of the molecule is Cc1ccccc1NC(=O)CCN1C(=O)[C@@H]2[C@H](C1=O)[C@H]1C=C[C@H]2C1. The van der Waals surface area contributed by atoms with E-state index in [-0.39, 0.29) is 54.4 Å². The van der Waals surface area contributed by atoms with E-state index in [0.29, 0.717) is 0 Å². The van der Waals surface area contributed by atoms with Gasteiger partial charge in [0.25, 0.3) is 0 Å². The Hall–Kier alpha value is -2.43. The molecule has 1 N–H and O–H groups in total. The van der Waals surface area contributed by atoms with Gasteiger partial charge >= 0.3 is 0 Å². The Bertz CT molecular complexity index is 725. The van der Waals surface area contributed by atoms with Gasteiger partial charge in [0.2, 0.25) is 17.7 Å². The molecule has 0 radical (unpaired) electrons. The van der Waals surface area contributed by atoms with E-state index in [2.05, 4.69) is 17.5 Å². The fraction of sp³-hybridized carbons (Fsp3) is 0.421. The highest BCUT2D eigenvalue weighted by Crippen LogP contribution is 2.52. The molecule has 1 saturated heterocycles. The normalized spacial score (nSPS) is 30.1. The number of hydrogen-bond donors (Lipinski definition) is 1. The molecule has 5 nitrogen and oxygen atoms in total. The summed E-state index contributed by atoms with van der Waals surface area (Å²) in [6.45, 7) is 2.09. The van der Waals surface area contributed by atoms with E-state index >= 15 is 0 Å². The summed E-state index contributed by atoms with van der Waals surface area (Å²) in [6, 6.07) is 7.54. The number of imide groups is 1. The second-order valence-electron chi connectivity index (χ2n) is 6.94. The zero-order chi connectivity index (χ0) is 16.8. The van der Waals surface area contributed by atoms with Crippen molar-refractivity contribution in [3.63, 3.8) is 0 Å². The summed E-state index contributed by atoms with van der Waals surface area (Å²) in [5, 5.41) is 2.84. The van der Waals surface area contributed by atoms with Crippen molar-refractivity contribution < 1.29 is 14.4 Å². The van der Waals surface area contributed by atoms with Crippen LogP contribution in [0.2, 0.25) is 0 Å². The number of aryl methyl sites for hydroxylation is 1. The lowest BCUT2D eigenvalue weighted by Gasteiger charge is -2.17. The summed E-state index contributed by atoms with van der Waals surface area (Å²) in [7, 11) is 0. The minimum Gasteiger partial charge on any atom is -0.326 e. The number of carbonyl (C=O) groups excluding carboxylic acids is 3. The molecular formula is C19H20N2O3. The third-order valence-corrected chi connectivity index (χ3v) is 5.54. The lowest BCUT2D eigenvalue weighted by Crippen LogP contribution is -2.35. The standard InChI is InChI=1S/C19H20N2O3/c1-11-4-2-3-5-14(11)20-15(22)8-9-21-18(23)16-12-6-7-13(10-12)17(16)19(21)24/h2-7,12-13,16-17H,8-10H2,1H3,(H,20,22)/t12-,13-,16-,17+/m0/s1. The van der Waals surface area contributed by atoms with Crippen LogP contribution in [0.15, 0.2) is 36.4 Å². The van der Waals surface area contributed by atoms with E-state index in [1.54, 1.807) is 0 Å². The van der Waals surface area contributed by atoms with Crippen molar-refractivity contribution >= 4 is 23.4 Å². The van der Waals surface area contributed by atoms with Crippen molar-refractivity contribution in [2.45, 2.75) is 19.8 Å². The van der Waals surface area contributed by atoms with E-state index in [4.69, 9.17) is 0 Å². The number of fused-ring (bicyclic) bond motifs is 5. The molecule has 1 saturated carbocycles. The summed E-state index contributed by atoms with van der Waals surface area (Å²) in [4.78, 5) is 38.6. The predicted octanol–water partition coefficient (Wildman–Crippen LogP) is 2.13. The van der Waals surface area contributed by atoms with Gasteiger partial charge in [-0.2, -0.15) is 0 Å². The highest BCUT2D eigenvalue weighted by atomic mass is 16.2. The first kappa shape index (κ1) is 15.1. The van der Waals surface area contributed by atoms with Crippen molar-refractivity contribution in [1.29, 1.82) is 0 Å². The Labute approximate surface area is 140 Å². The molecule has 1 aliphatic heterocycles. The van der Waals surface area contributed by atoms with Crippen molar-refractivity contribution in [1.82, 2.24) is 4.90 Å². The van der Waals surface area contributed by atoms with Gasteiger partial charge in [0, 0.05) is 18.7 Å². The van der Waals surface area contributed by atoms with Crippen LogP contribution in [0.4, 0.5) is 5.69 Å². The number of para-hydroxylation sites is 1. The maximum Gasteiger partial charge on any atom is 0.233 e. The molecule has 3 aliphatic rings. The summed E-state index contributed by atoms with van der Waals surface area (Å²) in [5.74, 6) is -0.317. The number of hydrogen-bond acceptors (Lipinski definition) is 3. The van der Waals surface area contributed by atoms with Crippen LogP contribution in [0.5, 0.6) is 0 Å². The van der Waals surface area contributed by atoms with Crippen LogP contribution in [-0.4, -0.2) is 29.2 Å². The molecular weight excluding hydrogens is 304 g/mol. The highest BCUT2D eigenvalue weighted by molar-refractivity contribution is 6.06. The molecule has 0 aromatic heterocycles. The monoisotopic (exact) mass is 324 g/mol. The van der Waals surface area contributed by atoms with E-state index in [1.807, 2.05) is 31.2 Å². The minimum atomic E-state index is -0.188. The Morgan fingerprint density at radius 1 is 1.12 bits per heavy atom. The maximum absolute atomic E-state index is 12.6. The molecule has 4 atom stereocenters. The fourth-order valence-electron chi connectivity index (χ4n) is 4.32. The Morgan fingerprint density at radius 3 is 2.38 bits per heavy atom. The van der Waals surface area contributed by atoms with E-state index in [9.17, 15) is 14.4 Å². The van der Waals surface area contributed by atoms with Gasteiger partial charge < -0.3 is 5.32 Å². The molecule has 4 rings (SSSR count). The third kappa shape index (κ3) is 2.27. The van der Waals surface area contributed by atoms with Crippen LogP contribution >= 0.6 is 0 Å². The largest absolute Gasteiger partial charge is 0.326 e. The van der Waals surface area contributed by atoms with E-state index in [0.717, 1.165) is 17.7 Å². The van der Waals surface area contributed by atoms with E-state index in [1.165, 1.54) is 4.90 Å². The minimum absolute atomic E-state index is 0.0921. The first-order valence-electron chi connectivity index (χ1n) is 8.45. The maximum atomic E-state index is 12.6. The van der Waals surface area contributed by atoms with Crippen molar-refractivity contribution in [2.75, 3.05) is 11.9 Å². The average molecular weight is 324 g/mol. The number of amides is 3. The number of anilines is 1. The van der Waals surface area contributed by atoms with Crippen LogP contribution in [0, 0.1) is 30.6 Å². The Morgan fingerprint density at radius 2 is 1.75 bits per heavy atom. The predicted molar refractivity (Wildman–Crippen MR) is 88.9 cm³/mol. The Kier molecular flexibility index (Phi) is 3.52. The van der Waals surface area contributed by atoms with Crippen LogP contribution in [0.3, 0.4) is 0 Å². The van der Waals surface area contributed by atoms with Gasteiger partial charge in [-0.1, -0.05) is 30.4 Å². The zero-order valence-corrected chi connectivity index (χ0v) is 13.6. The fourth-order valence-corrected chi connectivity index (χ4v) is 4.32. The zero-order valence-electron chi connectivity index (χ0n) is 13.6. The number of rotatable bonds is 4. The first-order chi connectivity index (χ1) is 11.6. The lowest BCUT2D eigenvalue weighted by atomic mass is 9.85. The molecule has 1 aromatic carbocycles. The van der Waals surface area contributed by atoms with Gasteiger partial charge in [-0.05, 0) is 36.8 Å². The van der Waals surface area contributed by atoms with E-state index < -0.39 is 0 Å².